The number of rotatable bonds is 6. The van der Waals surface area contributed by atoms with Crippen LogP contribution in [0.4, 0.5) is 13.2 Å². The van der Waals surface area contributed by atoms with Crippen LogP contribution in [0.5, 0.6) is 5.75 Å². The molecule has 1 aliphatic rings. The van der Waals surface area contributed by atoms with Crippen LogP contribution >= 0.6 is 0 Å². The second kappa shape index (κ2) is 10.0. The minimum absolute atomic E-state index is 0.00698. The Bertz CT molecular complexity index is 957. The van der Waals surface area contributed by atoms with Crippen molar-refractivity contribution in [3.63, 3.8) is 0 Å². The molecule has 2 amide bonds. The zero-order valence-corrected chi connectivity index (χ0v) is 18.0. The fourth-order valence-electron chi connectivity index (χ4n) is 3.68. The molecule has 0 aliphatic carbocycles. The van der Waals surface area contributed by atoms with Crippen LogP contribution in [-0.4, -0.2) is 67.5 Å². The average Bonchev–Trinajstić information content (AvgIpc) is 2.81. The van der Waals surface area contributed by atoms with Gasteiger partial charge in [-0.1, -0.05) is 24.3 Å². The van der Waals surface area contributed by atoms with Gasteiger partial charge < -0.3 is 15.0 Å². The molecule has 1 aliphatic heterocycles. The Hall–Kier alpha value is -3.07. The van der Waals surface area contributed by atoms with Gasteiger partial charge in [0.1, 0.15) is 12.4 Å². The van der Waals surface area contributed by atoms with Crippen molar-refractivity contribution in [2.24, 2.45) is 0 Å². The van der Waals surface area contributed by atoms with E-state index in [1.54, 1.807) is 31.3 Å². The molecule has 2 aromatic rings. The molecule has 172 valence electrons. The first-order valence-electron chi connectivity index (χ1n) is 10.4. The molecule has 3 rings (SSSR count). The van der Waals surface area contributed by atoms with Crippen molar-refractivity contribution < 1.29 is 27.5 Å². The lowest BCUT2D eigenvalue weighted by molar-refractivity contribution is -0.138. The summed E-state index contributed by atoms with van der Waals surface area (Å²) >= 11 is 0. The van der Waals surface area contributed by atoms with Crippen molar-refractivity contribution in [3.8, 4) is 5.75 Å². The maximum atomic E-state index is 13.3. The molecular formula is C23H26F3N3O3. The summed E-state index contributed by atoms with van der Waals surface area (Å²) in [6.45, 7) is 3.98. The Morgan fingerprint density at radius 2 is 1.59 bits per heavy atom. The molecule has 32 heavy (non-hydrogen) atoms. The van der Waals surface area contributed by atoms with Crippen LogP contribution in [0.2, 0.25) is 0 Å². The minimum Gasteiger partial charge on any atom is -0.491 e. The van der Waals surface area contributed by atoms with Gasteiger partial charge in [-0.2, -0.15) is 13.2 Å². The Kier molecular flexibility index (Phi) is 7.40. The average molecular weight is 449 g/mol. The number of nitrogens with zero attached hydrogens (tertiary/aromatic N) is 2. The highest BCUT2D eigenvalue weighted by Crippen LogP contribution is 2.32. The van der Waals surface area contributed by atoms with E-state index in [2.05, 4.69) is 10.2 Å². The Labute approximate surface area is 184 Å². The lowest BCUT2D eigenvalue weighted by Crippen LogP contribution is -2.52. The van der Waals surface area contributed by atoms with Crippen molar-refractivity contribution in [2.45, 2.75) is 19.1 Å². The predicted molar refractivity (Wildman–Crippen MR) is 114 cm³/mol. The molecule has 6 nitrogen and oxygen atoms in total. The van der Waals surface area contributed by atoms with Crippen molar-refractivity contribution in [3.05, 3.63) is 65.2 Å². The van der Waals surface area contributed by atoms with Crippen LogP contribution < -0.4 is 10.1 Å². The number of benzene rings is 2. The lowest BCUT2D eigenvalue weighted by atomic mass is 10.1. The van der Waals surface area contributed by atoms with E-state index in [-0.39, 0.29) is 17.5 Å². The number of carbonyl (C=O) groups excluding carboxylic acids is 2. The number of nitrogens with one attached hydrogen (secondary N) is 1. The molecule has 2 aromatic carbocycles. The van der Waals surface area contributed by atoms with Gasteiger partial charge in [-0.25, -0.2) is 0 Å². The normalized spacial score (nSPS) is 15.8. The molecule has 1 fully saturated rings. The topological polar surface area (TPSA) is 61.9 Å². The predicted octanol–water partition coefficient (Wildman–Crippen LogP) is 3.29. The number of ether oxygens (including phenoxy) is 1. The molecule has 0 bridgehead atoms. The molecule has 1 N–H and O–H groups in total. The molecule has 9 heteroatoms. The molecule has 1 atom stereocenters. The summed E-state index contributed by atoms with van der Waals surface area (Å²) in [5.74, 6) is -0.364. The Balaban J connectivity index is 1.57. The molecule has 1 unspecified atom stereocenters. The highest BCUT2D eigenvalue weighted by atomic mass is 19.4. The van der Waals surface area contributed by atoms with Gasteiger partial charge in [0.05, 0.1) is 16.7 Å². The third kappa shape index (κ3) is 5.40. The number of carbonyl (C=O) groups is 2. The van der Waals surface area contributed by atoms with E-state index in [4.69, 9.17) is 4.74 Å². The number of hydrogen-bond acceptors (Lipinski definition) is 4. The third-order valence-corrected chi connectivity index (χ3v) is 5.53. The van der Waals surface area contributed by atoms with Crippen LogP contribution in [0.1, 0.15) is 33.2 Å². The summed E-state index contributed by atoms with van der Waals surface area (Å²) in [5.41, 5.74) is -0.791. The van der Waals surface area contributed by atoms with Gasteiger partial charge in [-0.15, -0.1) is 0 Å². The lowest BCUT2D eigenvalue weighted by Gasteiger charge is -2.38. The van der Waals surface area contributed by atoms with Crippen molar-refractivity contribution in [1.29, 1.82) is 0 Å². The summed E-state index contributed by atoms with van der Waals surface area (Å²) in [6, 6.07) is 11.8. The van der Waals surface area contributed by atoms with Crippen LogP contribution in [0.3, 0.4) is 0 Å². The first-order chi connectivity index (χ1) is 15.2. The number of amides is 2. The van der Waals surface area contributed by atoms with Gasteiger partial charge in [-0.3, -0.25) is 14.5 Å². The maximum absolute atomic E-state index is 13.3. The number of alkyl halides is 3. The van der Waals surface area contributed by atoms with Crippen molar-refractivity contribution in [2.75, 3.05) is 39.8 Å². The Morgan fingerprint density at radius 3 is 2.22 bits per heavy atom. The highest BCUT2D eigenvalue weighted by Gasteiger charge is 2.36. The minimum atomic E-state index is -4.58. The zero-order valence-electron chi connectivity index (χ0n) is 18.0. The highest BCUT2D eigenvalue weighted by molar-refractivity contribution is 5.97. The summed E-state index contributed by atoms with van der Waals surface area (Å²) in [7, 11) is 1.55. The van der Waals surface area contributed by atoms with Gasteiger partial charge in [0.25, 0.3) is 11.8 Å². The second-order valence-electron chi connectivity index (χ2n) is 7.61. The van der Waals surface area contributed by atoms with Crippen molar-refractivity contribution in [1.82, 2.24) is 15.1 Å². The van der Waals surface area contributed by atoms with Gasteiger partial charge in [0.2, 0.25) is 0 Å². The standard InChI is InChI=1S/C23H26F3N3O3/c1-16(15-32-20-10-6-4-8-18(20)21(30)27-2)28-11-13-29(14-12-28)22(31)17-7-3-5-9-19(17)23(24,25)26/h3-10,16H,11-15H2,1-2H3,(H,27,30). The van der Waals surface area contributed by atoms with Crippen LogP contribution in [-0.2, 0) is 6.18 Å². The van der Waals surface area contributed by atoms with Crippen LogP contribution in [0.15, 0.2) is 48.5 Å². The summed E-state index contributed by atoms with van der Waals surface area (Å²) in [4.78, 5) is 28.3. The van der Waals surface area contributed by atoms with E-state index in [0.717, 1.165) is 6.07 Å². The monoisotopic (exact) mass is 449 g/mol. The summed E-state index contributed by atoms with van der Waals surface area (Å²) in [5, 5.41) is 2.58. The SMILES string of the molecule is CNC(=O)c1ccccc1OCC(C)N1CCN(C(=O)c2ccccc2C(F)(F)F)CC1. The first kappa shape index (κ1) is 23.6. The number of hydrogen-bond donors (Lipinski definition) is 1. The molecule has 0 saturated carbocycles. The van der Waals surface area contributed by atoms with E-state index >= 15 is 0 Å². The second-order valence-corrected chi connectivity index (χ2v) is 7.61. The third-order valence-electron chi connectivity index (χ3n) is 5.53. The number of para-hydroxylation sites is 1. The van der Waals surface area contributed by atoms with E-state index < -0.39 is 17.6 Å². The van der Waals surface area contributed by atoms with Crippen LogP contribution in [0.25, 0.3) is 0 Å². The van der Waals surface area contributed by atoms with Gasteiger partial charge in [0.15, 0.2) is 0 Å². The summed E-state index contributed by atoms with van der Waals surface area (Å²) < 4.78 is 45.6. The summed E-state index contributed by atoms with van der Waals surface area (Å²) in [6.07, 6.45) is -4.58. The van der Waals surface area contributed by atoms with E-state index in [9.17, 15) is 22.8 Å². The van der Waals surface area contributed by atoms with E-state index in [1.807, 2.05) is 6.92 Å². The fourth-order valence-corrected chi connectivity index (χ4v) is 3.68. The molecule has 0 aromatic heterocycles. The molecule has 1 saturated heterocycles. The van der Waals surface area contributed by atoms with Gasteiger partial charge in [-0.05, 0) is 31.2 Å². The number of halogens is 3. The van der Waals surface area contributed by atoms with Gasteiger partial charge in [0, 0.05) is 39.3 Å². The Morgan fingerprint density at radius 1 is 1.00 bits per heavy atom. The maximum Gasteiger partial charge on any atom is 0.417 e. The molecule has 1 heterocycles. The van der Waals surface area contributed by atoms with Crippen LogP contribution in [0, 0.1) is 0 Å². The van der Waals surface area contributed by atoms with E-state index in [0.29, 0.717) is 44.1 Å². The quantitative estimate of drug-likeness (QED) is 0.735. The molecular weight excluding hydrogens is 423 g/mol. The van der Waals surface area contributed by atoms with Crippen molar-refractivity contribution >= 4 is 11.8 Å². The number of piperazine rings is 1. The zero-order chi connectivity index (χ0) is 23.3. The largest absolute Gasteiger partial charge is 0.491 e. The van der Waals surface area contributed by atoms with E-state index in [1.165, 1.54) is 23.1 Å². The van der Waals surface area contributed by atoms with Gasteiger partial charge >= 0.3 is 6.18 Å². The fraction of sp³-hybridized carbons (Fsp3) is 0.391. The smallest absolute Gasteiger partial charge is 0.417 e. The molecule has 0 spiro atoms. The first-order valence-corrected chi connectivity index (χ1v) is 10.4. The molecule has 0 radical (unpaired) electrons.